The number of hydrogen-bond donors (Lipinski definition) is 0. The maximum atomic E-state index is 4.89. The fourth-order valence-electron chi connectivity index (χ4n) is 7.62. The molecule has 0 bridgehead atoms. The summed E-state index contributed by atoms with van der Waals surface area (Å²) in [5, 5.41) is 10.1. The molecule has 10 rings (SSSR count). The minimum absolute atomic E-state index is 0. The third kappa shape index (κ3) is 5.22. The van der Waals surface area contributed by atoms with E-state index in [-0.39, 0.29) is 25.5 Å². The van der Waals surface area contributed by atoms with Crippen LogP contribution in [0.5, 0.6) is 0 Å². The topological polar surface area (TPSA) is 25.8 Å². The van der Waals surface area contributed by atoms with Crippen molar-refractivity contribution in [3.63, 3.8) is 0 Å². The van der Waals surface area contributed by atoms with E-state index in [1.54, 1.807) is 6.20 Å². The molecule has 0 unspecified atom stereocenters. The van der Waals surface area contributed by atoms with Gasteiger partial charge in [0.05, 0.1) is 0 Å². The van der Waals surface area contributed by atoms with Gasteiger partial charge in [-0.1, -0.05) is 116 Å². The second-order valence-electron chi connectivity index (χ2n) is 13.2. The summed E-state index contributed by atoms with van der Waals surface area (Å²) in [6.07, 6.45) is 3.73. The summed E-state index contributed by atoms with van der Waals surface area (Å²) in [6.45, 7) is 4.68. The van der Waals surface area contributed by atoms with Gasteiger partial charge in [-0.15, -0.1) is 65.2 Å². The third-order valence-electron chi connectivity index (χ3n) is 10.1. The number of rotatable bonds is 2. The molecular weight excluding hydrogens is 785 g/mol. The van der Waals surface area contributed by atoms with Gasteiger partial charge < -0.3 is 9.97 Å². The van der Waals surface area contributed by atoms with Crippen LogP contribution in [0.4, 0.5) is 0 Å². The maximum absolute atomic E-state index is 4.89. The van der Waals surface area contributed by atoms with Gasteiger partial charge in [-0.3, -0.25) is 0 Å². The largest absolute Gasteiger partial charge is 0.305 e. The molecule has 0 N–H and O–H groups in total. The van der Waals surface area contributed by atoms with Crippen LogP contribution in [0.1, 0.15) is 25.0 Å². The Morgan fingerprint density at radius 3 is 1.98 bits per heavy atom. The molecule has 9 aromatic rings. The first-order chi connectivity index (χ1) is 24.1. The van der Waals surface area contributed by atoms with Gasteiger partial charge in [-0.2, -0.15) is 0 Å². The van der Waals surface area contributed by atoms with Gasteiger partial charge in [0.25, 0.3) is 0 Å². The molecule has 1 radical (unpaired) electrons. The maximum Gasteiger partial charge on any atom is 0.0167 e. The van der Waals surface area contributed by atoms with E-state index in [4.69, 9.17) is 4.98 Å². The van der Waals surface area contributed by atoms with E-state index >= 15 is 0 Å². The van der Waals surface area contributed by atoms with Crippen LogP contribution in [-0.2, 0) is 25.5 Å². The van der Waals surface area contributed by atoms with Crippen molar-refractivity contribution in [3.05, 3.63) is 181 Å². The first kappa shape index (κ1) is 31.8. The molecule has 241 valence electrons. The van der Waals surface area contributed by atoms with Crippen molar-refractivity contribution < 1.29 is 20.1 Å². The van der Waals surface area contributed by atoms with E-state index in [0.717, 1.165) is 22.5 Å². The first-order valence-corrected chi connectivity index (χ1v) is 16.7. The molecule has 3 heteroatoms. The van der Waals surface area contributed by atoms with Crippen LogP contribution in [0.3, 0.4) is 0 Å². The van der Waals surface area contributed by atoms with Crippen molar-refractivity contribution in [2.45, 2.75) is 19.3 Å². The molecule has 1 aliphatic rings. The van der Waals surface area contributed by atoms with Crippen molar-refractivity contribution >= 4 is 43.1 Å². The number of pyridine rings is 2. The molecule has 7 aromatic carbocycles. The average molecular weight is 817 g/mol. The Balaban J connectivity index is 0.000000236. The normalized spacial score (nSPS) is 12.6. The summed E-state index contributed by atoms with van der Waals surface area (Å²) >= 11 is 0. The van der Waals surface area contributed by atoms with Crippen LogP contribution in [0.15, 0.2) is 158 Å². The van der Waals surface area contributed by atoms with Crippen LogP contribution in [-0.4, -0.2) is 9.97 Å². The van der Waals surface area contributed by atoms with Crippen LogP contribution in [0, 0.1) is 12.1 Å². The Bertz CT molecular complexity index is 2640. The van der Waals surface area contributed by atoms with Crippen molar-refractivity contribution in [1.29, 1.82) is 0 Å². The molecule has 50 heavy (non-hydrogen) atoms. The zero-order chi connectivity index (χ0) is 33.0. The average Bonchev–Trinajstić information content (AvgIpc) is 3.41. The number of nitrogens with zero attached hydrogens (tertiary/aromatic N) is 2. The molecule has 0 fully saturated rings. The fourth-order valence-corrected chi connectivity index (χ4v) is 7.62. The SMILES string of the molecule is CC1(C)c2cc(-c3nccc4c3ccc3c5ccccc5ccc43)[c-]cc2-c2c1ccc1ccccc21.[Ir].[c-]1ccccc1-c1ccccn1. The molecule has 0 aliphatic heterocycles. The Labute approximate surface area is 305 Å². The molecule has 0 saturated heterocycles. The summed E-state index contributed by atoms with van der Waals surface area (Å²) < 4.78 is 0. The van der Waals surface area contributed by atoms with Crippen molar-refractivity contribution in [2.24, 2.45) is 0 Å². The van der Waals surface area contributed by atoms with E-state index in [1.165, 1.54) is 65.3 Å². The molecule has 1 aliphatic carbocycles. The van der Waals surface area contributed by atoms with E-state index in [1.807, 2.05) is 48.7 Å². The van der Waals surface area contributed by atoms with Gasteiger partial charge >= 0.3 is 0 Å². The van der Waals surface area contributed by atoms with E-state index in [0.29, 0.717) is 0 Å². The molecular formula is C47H32IrN2-2. The molecule has 2 nitrogen and oxygen atoms in total. The number of benzene rings is 7. The van der Waals surface area contributed by atoms with Gasteiger partial charge in [0.2, 0.25) is 0 Å². The predicted octanol–water partition coefficient (Wildman–Crippen LogP) is 12.0. The standard InChI is InChI=1S/C36H24N.C11H8N.Ir/c1-36(2)32-18-13-23-8-4-6-10-26(23)34(32)31-15-12-24(21-33(31)36)35-30-17-16-27-25-9-5-3-7-22(25)11-14-28(27)29(30)19-20-37-35;1-2-6-10(7-3-1)11-8-4-5-9-12-11;/h3-11,13-21H,1-2H3;1-6,8-9H;/q2*-1;. The minimum Gasteiger partial charge on any atom is -0.305 e. The van der Waals surface area contributed by atoms with Gasteiger partial charge in [0, 0.05) is 32.5 Å². The molecule has 0 spiro atoms. The first-order valence-electron chi connectivity index (χ1n) is 16.7. The summed E-state index contributed by atoms with van der Waals surface area (Å²) in [5.74, 6) is 0. The summed E-state index contributed by atoms with van der Waals surface area (Å²) in [4.78, 5) is 9.11. The van der Waals surface area contributed by atoms with Gasteiger partial charge in [0.1, 0.15) is 0 Å². The Hall–Kier alpha value is -5.47. The smallest absolute Gasteiger partial charge is 0.0167 e. The monoisotopic (exact) mass is 817 g/mol. The Morgan fingerprint density at radius 2 is 1.18 bits per heavy atom. The van der Waals surface area contributed by atoms with Crippen molar-refractivity contribution in [1.82, 2.24) is 9.97 Å². The van der Waals surface area contributed by atoms with E-state index < -0.39 is 0 Å². The van der Waals surface area contributed by atoms with E-state index in [2.05, 4.69) is 134 Å². The summed E-state index contributed by atoms with van der Waals surface area (Å²) in [6, 6.07) is 58.0. The van der Waals surface area contributed by atoms with Gasteiger partial charge in [-0.25, -0.2) is 0 Å². The second kappa shape index (κ2) is 12.8. The zero-order valence-corrected chi connectivity index (χ0v) is 30.1. The van der Waals surface area contributed by atoms with Crippen LogP contribution >= 0.6 is 0 Å². The predicted molar refractivity (Wildman–Crippen MR) is 205 cm³/mol. The zero-order valence-electron chi connectivity index (χ0n) is 27.7. The number of hydrogen-bond acceptors (Lipinski definition) is 2. The number of fused-ring (bicyclic) bond motifs is 10. The molecule has 0 saturated carbocycles. The van der Waals surface area contributed by atoms with Crippen molar-refractivity contribution in [2.75, 3.05) is 0 Å². The van der Waals surface area contributed by atoms with Crippen LogP contribution in [0.25, 0.3) is 76.7 Å². The fraction of sp³-hybridized carbons (Fsp3) is 0.0638. The van der Waals surface area contributed by atoms with Crippen LogP contribution < -0.4 is 0 Å². The van der Waals surface area contributed by atoms with Crippen LogP contribution in [0.2, 0.25) is 0 Å². The third-order valence-corrected chi connectivity index (χ3v) is 10.1. The molecule has 0 amide bonds. The number of aromatic nitrogens is 2. The second-order valence-corrected chi connectivity index (χ2v) is 13.2. The van der Waals surface area contributed by atoms with Gasteiger partial charge in [-0.05, 0) is 83.2 Å². The summed E-state index contributed by atoms with van der Waals surface area (Å²) in [7, 11) is 0. The minimum atomic E-state index is -0.0885. The Morgan fingerprint density at radius 1 is 0.500 bits per heavy atom. The molecule has 2 heterocycles. The summed E-state index contributed by atoms with van der Waals surface area (Å²) in [5.41, 5.74) is 9.34. The van der Waals surface area contributed by atoms with Gasteiger partial charge in [0.15, 0.2) is 0 Å². The molecule has 0 atom stereocenters. The van der Waals surface area contributed by atoms with E-state index in [9.17, 15) is 0 Å². The quantitative estimate of drug-likeness (QED) is 0.128. The Kier molecular flexibility index (Phi) is 8.11. The molecule has 2 aromatic heterocycles. The van der Waals surface area contributed by atoms with Crippen molar-refractivity contribution in [3.8, 4) is 33.6 Å².